The number of rotatable bonds is 6. The van der Waals surface area contributed by atoms with Crippen molar-refractivity contribution >= 4 is 23.4 Å². The summed E-state index contributed by atoms with van der Waals surface area (Å²) in [5.41, 5.74) is 3.25. The Kier molecular flexibility index (Phi) is 5.50. The number of carbonyl (C=O) groups excluding carboxylic acids is 1. The molecule has 1 saturated carbocycles. The fourth-order valence-electron chi connectivity index (χ4n) is 2.99. The molecule has 24 heavy (non-hydrogen) atoms. The summed E-state index contributed by atoms with van der Waals surface area (Å²) >= 11 is 1.54. The molecule has 1 aliphatic rings. The van der Waals surface area contributed by atoms with E-state index in [1.54, 1.807) is 11.8 Å². The average molecular weight is 345 g/mol. The molecule has 1 heterocycles. The van der Waals surface area contributed by atoms with Gasteiger partial charge in [-0.15, -0.1) is 16.9 Å². The number of hydrogen-bond acceptors (Lipinski definition) is 5. The van der Waals surface area contributed by atoms with Crippen LogP contribution in [0, 0.1) is 13.8 Å². The van der Waals surface area contributed by atoms with E-state index in [4.69, 9.17) is 0 Å². The SMILES string of the molecule is Cc1ccc(NC(=O)CSCc2nnnn2C2CCCC2)cc1C. The zero-order chi connectivity index (χ0) is 16.9. The van der Waals surface area contributed by atoms with Crippen LogP contribution in [-0.4, -0.2) is 31.9 Å². The Morgan fingerprint density at radius 3 is 2.83 bits per heavy atom. The van der Waals surface area contributed by atoms with Crippen molar-refractivity contribution in [2.75, 3.05) is 11.1 Å². The van der Waals surface area contributed by atoms with Gasteiger partial charge in [0.15, 0.2) is 5.82 Å². The molecular weight excluding hydrogens is 322 g/mol. The number of aromatic nitrogens is 4. The van der Waals surface area contributed by atoms with Crippen molar-refractivity contribution in [3.05, 3.63) is 35.2 Å². The van der Waals surface area contributed by atoms with Crippen molar-refractivity contribution in [1.29, 1.82) is 0 Å². The molecule has 1 aromatic carbocycles. The minimum absolute atomic E-state index is 0.00291. The van der Waals surface area contributed by atoms with Crippen LogP contribution in [0.3, 0.4) is 0 Å². The number of anilines is 1. The molecular formula is C17H23N5OS. The van der Waals surface area contributed by atoms with Gasteiger partial charge in [-0.3, -0.25) is 4.79 Å². The van der Waals surface area contributed by atoms with Gasteiger partial charge in [0.1, 0.15) is 0 Å². The number of benzene rings is 1. The number of aryl methyl sites for hydroxylation is 2. The summed E-state index contributed by atoms with van der Waals surface area (Å²) in [6.07, 6.45) is 4.79. The number of hydrogen-bond donors (Lipinski definition) is 1. The lowest BCUT2D eigenvalue weighted by Crippen LogP contribution is -2.15. The molecule has 1 N–H and O–H groups in total. The normalized spacial score (nSPS) is 14.9. The highest BCUT2D eigenvalue weighted by molar-refractivity contribution is 7.99. The minimum atomic E-state index is 0.00291. The van der Waals surface area contributed by atoms with Gasteiger partial charge in [0, 0.05) is 5.69 Å². The van der Waals surface area contributed by atoms with E-state index in [0.717, 1.165) is 24.4 Å². The first-order chi connectivity index (χ1) is 11.6. The third-order valence-corrected chi connectivity index (χ3v) is 5.42. The number of thioether (sulfide) groups is 1. The maximum atomic E-state index is 12.1. The Bertz CT molecular complexity index is 709. The van der Waals surface area contributed by atoms with E-state index in [-0.39, 0.29) is 5.91 Å². The predicted octanol–water partition coefficient (Wildman–Crippen LogP) is 3.28. The number of carbonyl (C=O) groups is 1. The smallest absolute Gasteiger partial charge is 0.234 e. The molecule has 0 saturated heterocycles. The summed E-state index contributed by atoms with van der Waals surface area (Å²) in [5.74, 6) is 1.92. The molecule has 0 bridgehead atoms. The summed E-state index contributed by atoms with van der Waals surface area (Å²) in [6.45, 7) is 4.11. The van der Waals surface area contributed by atoms with Crippen LogP contribution in [-0.2, 0) is 10.5 Å². The van der Waals surface area contributed by atoms with Gasteiger partial charge in [0.2, 0.25) is 5.91 Å². The summed E-state index contributed by atoms with van der Waals surface area (Å²) in [5, 5.41) is 15.0. The molecule has 1 aromatic heterocycles. The highest BCUT2D eigenvalue weighted by atomic mass is 32.2. The van der Waals surface area contributed by atoms with Gasteiger partial charge >= 0.3 is 0 Å². The van der Waals surface area contributed by atoms with Crippen LogP contribution < -0.4 is 5.32 Å². The molecule has 2 aromatic rings. The Balaban J connectivity index is 1.48. The van der Waals surface area contributed by atoms with Gasteiger partial charge in [-0.2, -0.15) is 0 Å². The Morgan fingerprint density at radius 2 is 2.08 bits per heavy atom. The second kappa shape index (κ2) is 7.79. The molecule has 0 radical (unpaired) electrons. The van der Waals surface area contributed by atoms with Crippen molar-refractivity contribution < 1.29 is 4.79 Å². The first-order valence-electron chi connectivity index (χ1n) is 8.35. The minimum Gasteiger partial charge on any atom is -0.325 e. The van der Waals surface area contributed by atoms with E-state index in [2.05, 4.69) is 27.8 Å². The Labute approximate surface area is 146 Å². The van der Waals surface area contributed by atoms with E-state index >= 15 is 0 Å². The maximum Gasteiger partial charge on any atom is 0.234 e. The molecule has 7 heteroatoms. The fourth-order valence-corrected chi connectivity index (χ4v) is 3.72. The van der Waals surface area contributed by atoms with Gasteiger partial charge in [0.25, 0.3) is 0 Å². The Hall–Kier alpha value is -1.89. The molecule has 0 unspecified atom stereocenters. The lowest BCUT2D eigenvalue weighted by Gasteiger charge is -2.11. The second-order valence-corrected chi connectivity index (χ2v) is 7.30. The summed E-state index contributed by atoms with van der Waals surface area (Å²) in [6, 6.07) is 6.39. The summed E-state index contributed by atoms with van der Waals surface area (Å²) in [4.78, 5) is 12.1. The monoisotopic (exact) mass is 345 g/mol. The third-order valence-electron chi connectivity index (χ3n) is 4.49. The van der Waals surface area contributed by atoms with E-state index < -0.39 is 0 Å². The van der Waals surface area contributed by atoms with Gasteiger partial charge in [-0.25, -0.2) is 4.68 Å². The Morgan fingerprint density at radius 1 is 1.29 bits per heavy atom. The average Bonchev–Trinajstić information content (AvgIpc) is 3.21. The lowest BCUT2D eigenvalue weighted by atomic mass is 10.1. The lowest BCUT2D eigenvalue weighted by molar-refractivity contribution is -0.113. The number of amides is 1. The number of nitrogens with one attached hydrogen (secondary N) is 1. The zero-order valence-corrected chi connectivity index (χ0v) is 15.0. The van der Waals surface area contributed by atoms with Gasteiger partial charge in [-0.05, 0) is 60.4 Å². The van der Waals surface area contributed by atoms with E-state index in [0.29, 0.717) is 17.5 Å². The van der Waals surface area contributed by atoms with E-state index in [1.807, 2.05) is 29.8 Å². The van der Waals surface area contributed by atoms with Gasteiger partial charge < -0.3 is 5.32 Å². The highest BCUT2D eigenvalue weighted by Crippen LogP contribution is 2.29. The van der Waals surface area contributed by atoms with E-state index in [9.17, 15) is 4.79 Å². The molecule has 6 nitrogen and oxygen atoms in total. The highest BCUT2D eigenvalue weighted by Gasteiger charge is 2.21. The molecule has 1 aliphatic carbocycles. The quantitative estimate of drug-likeness (QED) is 0.870. The standard InChI is InChI=1S/C17H23N5OS/c1-12-7-8-14(9-13(12)2)18-17(23)11-24-10-16-19-20-21-22(16)15-5-3-4-6-15/h7-9,15H,3-6,10-11H2,1-2H3,(H,18,23). The second-order valence-electron chi connectivity index (χ2n) is 6.32. The van der Waals surface area contributed by atoms with E-state index in [1.165, 1.54) is 24.0 Å². The summed E-state index contributed by atoms with van der Waals surface area (Å²) < 4.78 is 1.95. The third kappa shape index (κ3) is 4.14. The summed E-state index contributed by atoms with van der Waals surface area (Å²) in [7, 11) is 0. The van der Waals surface area contributed by atoms with Crippen molar-refractivity contribution in [1.82, 2.24) is 20.2 Å². The molecule has 0 spiro atoms. The van der Waals surface area contributed by atoms with Crippen molar-refractivity contribution in [2.24, 2.45) is 0 Å². The van der Waals surface area contributed by atoms with Crippen LogP contribution in [0.4, 0.5) is 5.69 Å². The fraction of sp³-hybridized carbons (Fsp3) is 0.529. The maximum absolute atomic E-state index is 12.1. The molecule has 3 rings (SSSR count). The largest absolute Gasteiger partial charge is 0.325 e. The zero-order valence-electron chi connectivity index (χ0n) is 14.2. The van der Waals surface area contributed by atoms with Gasteiger partial charge in [0.05, 0.1) is 17.5 Å². The molecule has 0 aliphatic heterocycles. The van der Waals surface area contributed by atoms with Gasteiger partial charge in [-0.1, -0.05) is 18.9 Å². The van der Waals surface area contributed by atoms with Crippen LogP contribution in [0.2, 0.25) is 0 Å². The molecule has 0 atom stereocenters. The van der Waals surface area contributed by atoms with Crippen LogP contribution >= 0.6 is 11.8 Å². The first-order valence-corrected chi connectivity index (χ1v) is 9.50. The number of tetrazole rings is 1. The first kappa shape index (κ1) is 17.0. The molecule has 128 valence electrons. The van der Waals surface area contributed by atoms with Crippen LogP contribution in [0.25, 0.3) is 0 Å². The van der Waals surface area contributed by atoms with Crippen molar-refractivity contribution in [3.8, 4) is 0 Å². The topological polar surface area (TPSA) is 72.7 Å². The van der Waals surface area contributed by atoms with Crippen LogP contribution in [0.15, 0.2) is 18.2 Å². The molecule has 1 amide bonds. The van der Waals surface area contributed by atoms with Crippen LogP contribution in [0.1, 0.15) is 48.7 Å². The van der Waals surface area contributed by atoms with Crippen molar-refractivity contribution in [2.45, 2.75) is 51.3 Å². The van der Waals surface area contributed by atoms with Crippen LogP contribution in [0.5, 0.6) is 0 Å². The predicted molar refractivity (Wildman–Crippen MR) is 96.0 cm³/mol. The number of nitrogens with zero attached hydrogens (tertiary/aromatic N) is 4. The van der Waals surface area contributed by atoms with Crippen molar-refractivity contribution in [3.63, 3.8) is 0 Å². The molecule has 1 fully saturated rings.